The van der Waals surface area contributed by atoms with Crippen molar-refractivity contribution in [2.45, 2.75) is 33.2 Å². The summed E-state index contributed by atoms with van der Waals surface area (Å²) in [4.78, 5) is 4.14. The van der Waals surface area contributed by atoms with Gasteiger partial charge in [0.05, 0.1) is 20.3 Å². The lowest BCUT2D eigenvalue weighted by Crippen LogP contribution is -2.04. The Morgan fingerprint density at radius 2 is 1.86 bits per heavy atom. The van der Waals surface area contributed by atoms with Crippen LogP contribution >= 0.6 is 0 Å². The van der Waals surface area contributed by atoms with Gasteiger partial charge in [0.25, 0.3) is 5.89 Å². The highest BCUT2D eigenvalue weighted by Crippen LogP contribution is 2.30. The molecular weight excluding hydrogens is 276 g/mol. The van der Waals surface area contributed by atoms with Crippen LogP contribution in [0.5, 0.6) is 11.5 Å². The number of hydrogen-bond acceptors (Lipinski definition) is 7. The highest BCUT2D eigenvalue weighted by atomic mass is 16.5. The maximum Gasteiger partial charge on any atom is 0.264 e. The molecule has 0 amide bonds. The van der Waals surface area contributed by atoms with Gasteiger partial charge in [-0.25, -0.2) is 0 Å². The molecule has 7 nitrogen and oxygen atoms in total. The van der Waals surface area contributed by atoms with E-state index in [2.05, 4.69) is 10.1 Å². The number of aryl methyl sites for hydroxylation is 1. The molecule has 1 aromatic heterocycles. The number of aliphatic hydroxyl groups is 2. The zero-order chi connectivity index (χ0) is 15.2. The van der Waals surface area contributed by atoms with E-state index < -0.39 is 0 Å². The third-order valence-electron chi connectivity index (χ3n) is 2.96. The summed E-state index contributed by atoms with van der Waals surface area (Å²) in [5, 5.41) is 22.6. The molecule has 0 saturated heterocycles. The average molecular weight is 294 g/mol. The number of aromatic nitrogens is 2. The molecule has 0 fully saturated rings. The van der Waals surface area contributed by atoms with Gasteiger partial charge in [-0.3, -0.25) is 0 Å². The van der Waals surface area contributed by atoms with Crippen LogP contribution in [0, 0.1) is 0 Å². The molecule has 2 aromatic rings. The van der Waals surface area contributed by atoms with Gasteiger partial charge in [-0.15, -0.1) is 0 Å². The number of benzene rings is 1. The minimum Gasteiger partial charge on any atom is -0.497 e. The summed E-state index contributed by atoms with van der Waals surface area (Å²) in [6.45, 7) is 1.53. The topological polar surface area (TPSA) is 97.8 Å². The van der Waals surface area contributed by atoms with Crippen LogP contribution < -0.4 is 9.47 Å². The minimum absolute atomic E-state index is 0.0688. The fourth-order valence-corrected chi connectivity index (χ4v) is 1.89. The lowest BCUT2D eigenvalue weighted by atomic mass is 10.1. The molecule has 1 aromatic carbocycles. The van der Waals surface area contributed by atoms with Gasteiger partial charge in [-0.2, -0.15) is 4.98 Å². The van der Waals surface area contributed by atoms with Crippen LogP contribution in [0.25, 0.3) is 0 Å². The largest absolute Gasteiger partial charge is 0.497 e. The van der Waals surface area contributed by atoms with Crippen LogP contribution in [0.1, 0.15) is 29.8 Å². The quantitative estimate of drug-likeness (QED) is 0.791. The van der Waals surface area contributed by atoms with Crippen molar-refractivity contribution in [1.29, 1.82) is 0 Å². The van der Waals surface area contributed by atoms with E-state index >= 15 is 0 Å². The van der Waals surface area contributed by atoms with E-state index in [-0.39, 0.29) is 19.8 Å². The second kappa shape index (κ2) is 7.05. The van der Waals surface area contributed by atoms with Crippen LogP contribution in [0.15, 0.2) is 16.7 Å². The van der Waals surface area contributed by atoms with E-state index in [9.17, 15) is 10.2 Å². The van der Waals surface area contributed by atoms with Crippen LogP contribution in [-0.4, -0.2) is 27.5 Å². The Morgan fingerprint density at radius 1 is 1.19 bits per heavy atom. The molecule has 0 bridgehead atoms. The molecule has 0 saturated carbocycles. The fraction of sp³-hybridized carbons (Fsp3) is 0.429. The molecule has 0 atom stereocenters. The Bertz CT molecular complexity index is 572. The summed E-state index contributed by atoms with van der Waals surface area (Å²) in [5.41, 5.74) is 1.04. The summed E-state index contributed by atoms with van der Waals surface area (Å²) in [5.74, 6) is 1.89. The molecule has 0 aliphatic rings. The lowest BCUT2D eigenvalue weighted by molar-refractivity contribution is 0.216. The molecule has 7 heteroatoms. The van der Waals surface area contributed by atoms with Crippen molar-refractivity contribution >= 4 is 0 Å². The summed E-state index contributed by atoms with van der Waals surface area (Å²) in [7, 11) is 1.52. The first-order valence-electron chi connectivity index (χ1n) is 6.57. The van der Waals surface area contributed by atoms with Crippen molar-refractivity contribution in [3.8, 4) is 11.5 Å². The van der Waals surface area contributed by atoms with E-state index in [1.54, 1.807) is 12.1 Å². The summed E-state index contributed by atoms with van der Waals surface area (Å²) < 4.78 is 15.8. The second-order valence-corrected chi connectivity index (χ2v) is 4.34. The molecule has 2 N–H and O–H groups in total. The Hall–Kier alpha value is -2.12. The van der Waals surface area contributed by atoms with E-state index in [0.29, 0.717) is 40.8 Å². The van der Waals surface area contributed by atoms with Crippen LogP contribution in [0.4, 0.5) is 0 Å². The lowest BCUT2D eigenvalue weighted by Gasteiger charge is -2.14. The SMILES string of the molecule is CCc1noc(COc2c(CO)cc(OC)cc2CO)n1. The number of nitrogens with zero attached hydrogens (tertiary/aromatic N) is 2. The number of hydrogen-bond donors (Lipinski definition) is 2. The van der Waals surface area contributed by atoms with Gasteiger partial charge in [0.15, 0.2) is 12.4 Å². The minimum atomic E-state index is -0.233. The Balaban J connectivity index is 2.21. The first-order valence-corrected chi connectivity index (χ1v) is 6.57. The van der Waals surface area contributed by atoms with Crippen molar-refractivity contribution in [2.75, 3.05) is 7.11 Å². The normalized spacial score (nSPS) is 10.7. The number of rotatable bonds is 7. The zero-order valence-electron chi connectivity index (χ0n) is 12.0. The van der Waals surface area contributed by atoms with Gasteiger partial charge in [0.1, 0.15) is 11.5 Å². The highest BCUT2D eigenvalue weighted by molar-refractivity contribution is 5.46. The predicted octanol–water partition coefficient (Wildman–Crippen LogP) is 1.20. The highest BCUT2D eigenvalue weighted by Gasteiger charge is 2.14. The third kappa shape index (κ3) is 3.50. The van der Waals surface area contributed by atoms with Crippen molar-refractivity contribution in [2.24, 2.45) is 0 Å². The standard InChI is InChI=1S/C14H18N2O5/c1-3-12-15-13(21-16-12)8-20-14-9(6-17)4-11(19-2)5-10(14)7-18/h4-5,17-18H,3,6-8H2,1-2H3. The Morgan fingerprint density at radius 3 is 2.33 bits per heavy atom. The van der Waals surface area contributed by atoms with Gasteiger partial charge in [0.2, 0.25) is 0 Å². The maximum atomic E-state index is 9.43. The van der Waals surface area contributed by atoms with E-state index in [4.69, 9.17) is 14.0 Å². The molecule has 1 heterocycles. The monoisotopic (exact) mass is 294 g/mol. The van der Waals surface area contributed by atoms with E-state index in [1.807, 2.05) is 6.92 Å². The van der Waals surface area contributed by atoms with E-state index in [0.717, 1.165) is 0 Å². The molecule has 0 spiro atoms. The van der Waals surface area contributed by atoms with E-state index in [1.165, 1.54) is 7.11 Å². The van der Waals surface area contributed by atoms with Crippen LogP contribution in [0.2, 0.25) is 0 Å². The van der Waals surface area contributed by atoms with Crippen molar-refractivity contribution in [3.05, 3.63) is 35.0 Å². The molecule has 0 radical (unpaired) electrons. The summed E-state index contributed by atoms with van der Waals surface area (Å²) in [6, 6.07) is 3.31. The second-order valence-electron chi connectivity index (χ2n) is 4.34. The summed E-state index contributed by atoms with van der Waals surface area (Å²) in [6.07, 6.45) is 0.676. The fourth-order valence-electron chi connectivity index (χ4n) is 1.89. The molecular formula is C14H18N2O5. The number of methoxy groups -OCH3 is 1. The summed E-state index contributed by atoms with van der Waals surface area (Å²) >= 11 is 0. The number of ether oxygens (including phenoxy) is 2. The molecule has 0 aliphatic heterocycles. The van der Waals surface area contributed by atoms with Gasteiger partial charge < -0.3 is 24.2 Å². The smallest absolute Gasteiger partial charge is 0.264 e. The Kier molecular flexibility index (Phi) is 5.13. The van der Waals surface area contributed by atoms with Gasteiger partial charge in [-0.05, 0) is 12.1 Å². The van der Waals surface area contributed by atoms with Gasteiger partial charge in [0, 0.05) is 17.5 Å². The zero-order valence-corrected chi connectivity index (χ0v) is 12.0. The predicted molar refractivity (Wildman–Crippen MR) is 72.8 cm³/mol. The molecule has 0 unspecified atom stereocenters. The van der Waals surface area contributed by atoms with Gasteiger partial charge >= 0.3 is 0 Å². The van der Waals surface area contributed by atoms with Crippen molar-refractivity contribution in [1.82, 2.24) is 10.1 Å². The third-order valence-corrected chi connectivity index (χ3v) is 2.96. The molecule has 21 heavy (non-hydrogen) atoms. The average Bonchev–Trinajstić information content (AvgIpc) is 2.99. The van der Waals surface area contributed by atoms with Crippen LogP contribution in [0.3, 0.4) is 0 Å². The van der Waals surface area contributed by atoms with Gasteiger partial charge in [-0.1, -0.05) is 12.1 Å². The number of aliphatic hydroxyl groups excluding tert-OH is 2. The molecule has 114 valence electrons. The van der Waals surface area contributed by atoms with Crippen LogP contribution in [-0.2, 0) is 26.2 Å². The molecule has 2 rings (SSSR count). The first-order chi connectivity index (χ1) is 10.2. The Labute approximate surface area is 122 Å². The maximum absolute atomic E-state index is 9.43. The van der Waals surface area contributed by atoms with Crippen molar-refractivity contribution in [3.63, 3.8) is 0 Å². The van der Waals surface area contributed by atoms with Crippen molar-refractivity contribution < 1.29 is 24.2 Å². The molecule has 0 aliphatic carbocycles. The first kappa shape index (κ1) is 15.3.